The Kier molecular flexibility index (Phi) is 19.6. The van der Waals surface area contributed by atoms with Crippen LogP contribution in [0.25, 0.3) is 0 Å². The lowest BCUT2D eigenvalue weighted by Crippen LogP contribution is -2.41. The van der Waals surface area contributed by atoms with E-state index in [1.165, 1.54) is 102 Å². The molecule has 5 nitrogen and oxygen atoms in total. The first-order chi connectivity index (χ1) is 12.2. The van der Waals surface area contributed by atoms with E-state index in [0.717, 1.165) is 0 Å². The fourth-order valence-electron chi connectivity index (χ4n) is 2.90. The van der Waals surface area contributed by atoms with Crippen LogP contribution in [0.15, 0.2) is 0 Å². The predicted octanol–water partition coefficient (Wildman–Crippen LogP) is 5.27. The second-order valence-corrected chi connectivity index (χ2v) is 8.79. The van der Waals surface area contributed by atoms with Gasteiger partial charge in [-0.3, -0.25) is 4.18 Å². The van der Waals surface area contributed by atoms with Gasteiger partial charge in [0.15, 0.2) is 0 Å². The number of nitrogens with zero attached hydrogens (tertiary/aromatic N) is 1. The number of hydrogen-bond acceptors (Lipinski definition) is 4. The quantitative estimate of drug-likeness (QED) is 0.155. The highest BCUT2D eigenvalue weighted by molar-refractivity contribution is 7.80. The molecule has 160 valence electrons. The minimum Gasteiger partial charge on any atom is -0.726 e. The molecule has 6 heteroatoms. The van der Waals surface area contributed by atoms with Crippen molar-refractivity contribution in [2.45, 2.75) is 97.8 Å². The van der Waals surface area contributed by atoms with Crippen molar-refractivity contribution in [1.29, 1.82) is 0 Å². The first-order valence-corrected chi connectivity index (χ1v) is 11.9. The number of rotatable bonds is 16. The molecule has 0 aliphatic carbocycles. The lowest BCUT2D eigenvalue weighted by molar-refractivity contribution is -0.890. The summed E-state index contributed by atoms with van der Waals surface area (Å²) in [5, 5.41) is 0. The van der Waals surface area contributed by atoms with Gasteiger partial charge in [0.2, 0.25) is 10.4 Å². The van der Waals surface area contributed by atoms with Gasteiger partial charge in [0.25, 0.3) is 0 Å². The Bertz CT molecular complexity index is 365. The third kappa shape index (κ3) is 26.1. The molecule has 0 heterocycles. The SMILES string of the molecule is CCCCCCCC[N+](C)(C)CCCCCCCC.CCOS(=O)(=O)[O-]. The van der Waals surface area contributed by atoms with Crippen LogP contribution in [0, 0.1) is 0 Å². The average Bonchev–Trinajstić information content (AvgIpc) is 2.53. The average molecular weight is 396 g/mol. The first-order valence-electron chi connectivity index (χ1n) is 10.6. The van der Waals surface area contributed by atoms with Crippen LogP contribution < -0.4 is 0 Å². The zero-order valence-electron chi connectivity index (χ0n) is 18.1. The van der Waals surface area contributed by atoms with Crippen LogP contribution in [-0.2, 0) is 14.6 Å². The van der Waals surface area contributed by atoms with Gasteiger partial charge < -0.3 is 9.04 Å². The molecule has 0 saturated heterocycles. The molecular weight excluding hydrogens is 350 g/mol. The van der Waals surface area contributed by atoms with Crippen molar-refractivity contribution in [3.05, 3.63) is 0 Å². The number of quaternary nitrogens is 1. The van der Waals surface area contributed by atoms with Crippen molar-refractivity contribution in [2.75, 3.05) is 33.8 Å². The summed E-state index contributed by atoms with van der Waals surface area (Å²) in [6.45, 7) is 8.67. The smallest absolute Gasteiger partial charge is 0.217 e. The highest BCUT2D eigenvalue weighted by Gasteiger charge is 2.13. The molecule has 0 spiro atoms. The summed E-state index contributed by atoms with van der Waals surface area (Å²) < 4.78 is 33.2. The molecule has 0 aromatic carbocycles. The largest absolute Gasteiger partial charge is 0.726 e. The van der Waals surface area contributed by atoms with Gasteiger partial charge in [-0.05, 0) is 32.6 Å². The van der Waals surface area contributed by atoms with Crippen molar-refractivity contribution >= 4 is 10.4 Å². The summed E-state index contributed by atoms with van der Waals surface area (Å²) in [6.07, 6.45) is 17.1. The predicted molar refractivity (Wildman–Crippen MR) is 110 cm³/mol. The number of unbranched alkanes of at least 4 members (excludes halogenated alkanes) is 10. The maximum Gasteiger partial charge on any atom is 0.217 e. The second-order valence-electron chi connectivity index (χ2n) is 7.73. The van der Waals surface area contributed by atoms with E-state index in [9.17, 15) is 13.0 Å². The summed E-state index contributed by atoms with van der Waals surface area (Å²) in [5.74, 6) is 0. The van der Waals surface area contributed by atoms with Crippen LogP contribution in [0.1, 0.15) is 97.8 Å². The maximum atomic E-state index is 9.45. The van der Waals surface area contributed by atoms with Gasteiger partial charge in [0.05, 0.1) is 33.8 Å². The minimum atomic E-state index is -4.42. The van der Waals surface area contributed by atoms with Crippen LogP contribution in [0.5, 0.6) is 0 Å². The van der Waals surface area contributed by atoms with Crippen LogP contribution in [-0.4, -0.2) is 51.2 Å². The highest BCUT2D eigenvalue weighted by atomic mass is 32.3. The Labute approximate surface area is 164 Å². The molecule has 0 aromatic rings. The van der Waals surface area contributed by atoms with E-state index in [1.807, 2.05) is 0 Å². The molecule has 0 rings (SSSR count). The number of hydrogen-bond donors (Lipinski definition) is 0. The Morgan fingerprint density at radius 1 is 0.692 bits per heavy atom. The molecule has 0 fully saturated rings. The van der Waals surface area contributed by atoms with Crippen molar-refractivity contribution in [3.8, 4) is 0 Å². The molecule has 0 unspecified atom stereocenters. The molecule has 26 heavy (non-hydrogen) atoms. The van der Waals surface area contributed by atoms with Crippen LogP contribution in [0.3, 0.4) is 0 Å². The van der Waals surface area contributed by atoms with Crippen molar-refractivity contribution in [3.63, 3.8) is 0 Å². The summed E-state index contributed by atoms with van der Waals surface area (Å²) >= 11 is 0. The van der Waals surface area contributed by atoms with Crippen LogP contribution in [0.4, 0.5) is 0 Å². The monoisotopic (exact) mass is 395 g/mol. The lowest BCUT2D eigenvalue weighted by Gasteiger charge is -2.30. The van der Waals surface area contributed by atoms with Gasteiger partial charge in [-0.25, -0.2) is 8.42 Å². The topological polar surface area (TPSA) is 66.4 Å². The van der Waals surface area contributed by atoms with Crippen molar-refractivity contribution < 1.29 is 21.6 Å². The van der Waals surface area contributed by atoms with E-state index >= 15 is 0 Å². The first kappa shape index (κ1) is 28.0. The summed E-state index contributed by atoms with van der Waals surface area (Å²) in [4.78, 5) is 0. The van der Waals surface area contributed by atoms with Gasteiger partial charge >= 0.3 is 0 Å². The molecule has 0 aliphatic heterocycles. The molecule has 0 N–H and O–H groups in total. The molecule has 0 atom stereocenters. The van der Waals surface area contributed by atoms with E-state index in [1.54, 1.807) is 0 Å². The molecule has 0 saturated carbocycles. The maximum absolute atomic E-state index is 9.45. The summed E-state index contributed by atoms with van der Waals surface area (Å²) in [6, 6.07) is 0. The molecule has 0 bridgehead atoms. The molecule has 0 radical (unpaired) electrons. The second kappa shape index (κ2) is 18.2. The van der Waals surface area contributed by atoms with E-state index in [4.69, 9.17) is 0 Å². The zero-order valence-corrected chi connectivity index (χ0v) is 18.9. The molecular formula is C20H45NO4S. The minimum absolute atomic E-state index is 0.0914. The van der Waals surface area contributed by atoms with Crippen molar-refractivity contribution in [1.82, 2.24) is 0 Å². The Balaban J connectivity index is 0. The third-order valence-corrected chi connectivity index (χ3v) is 5.02. The van der Waals surface area contributed by atoms with E-state index in [-0.39, 0.29) is 6.61 Å². The Hall–Kier alpha value is -0.170. The van der Waals surface area contributed by atoms with Crippen LogP contribution >= 0.6 is 0 Å². The normalized spacial score (nSPS) is 11.9. The standard InChI is InChI=1S/C18H40N.C2H6O4S/c1-5-7-9-11-13-15-17-19(3,4)18-16-14-12-10-8-6-2;1-2-6-7(3,4)5/h5-18H2,1-4H3;2H2,1H3,(H,3,4,5)/q+1;/p-1. The van der Waals surface area contributed by atoms with Crippen molar-refractivity contribution in [2.24, 2.45) is 0 Å². The summed E-state index contributed by atoms with van der Waals surface area (Å²) in [7, 11) is 0.405. The zero-order chi connectivity index (χ0) is 20.3. The van der Waals surface area contributed by atoms with Crippen LogP contribution in [0.2, 0.25) is 0 Å². The Morgan fingerprint density at radius 2 is 1.04 bits per heavy atom. The highest BCUT2D eigenvalue weighted by Crippen LogP contribution is 2.11. The van der Waals surface area contributed by atoms with Gasteiger partial charge in [0.1, 0.15) is 0 Å². The third-order valence-electron chi connectivity index (χ3n) is 4.50. The van der Waals surface area contributed by atoms with E-state index in [0.29, 0.717) is 0 Å². The molecule has 0 amide bonds. The molecule has 0 aromatic heterocycles. The fraction of sp³-hybridized carbons (Fsp3) is 1.00. The summed E-state index contributed by atoms with van der Waals surface area (Å²) in [5.41, 5.74) is 0. The van der Waals surface area contributed by atoms with Gasteiger partial charge in [-0.15, -0.1) is 0 Å². The fourth-order valence-corrected chi connectivity index (χ4v) is 3.19. The van der Waals surface area contributed by atoms with E-state index in [2.05, 4.69) is 32.1 Å². The van der Waals surface area contributed by atoms with E-state index < -0.39 is 10.4 Å². The van der Waals surface area contributed by atoms with Gasteiger partial charge in [-0.2, -0.15) is 0 Å². The lowest BCUT2D eigenvalue weighted by atomic mass is 10.1. The molecule has 0 aliphatic rings. The Morgan fingerprint density at radius 3 is 1.31 bits per heavy atom. The van der Waals surface area contributed by atoms with Gasteiger partial charge in [0, 0.05) is 0 Å². The van der Waals surface area contributed by atoms with Gasteiger partial charge in [-0.1, -0.05) is 65.2 Å².